The van der Waals surface area contributed by atoms with Crippen LogP contribution in [0.25, 0.3) is 0 Å². The Morgan fingerprint density at radius 2 is 2.12 bits per heavy atom. The lowest BCUT2D eigenvalue weighted by Gasteiger charge is -2.20. The van der Waals surface area contributed by atoms with Crippen molar-refractivity contribution < 1.29 is 0 Å². The Morgan fingerprint density at radius 3 is 2.88 bits per heavy atom. The molecule has 0 spiro atoms. The van der Waals surface area contributed by atoms with E-state index in [4.69, 9.17) is 0 Å². The zero-order chi connectivity index (χ0) is 11.3. The Labute approximate surface area is 100.0 Å². The van der Waals surface area contributed by atoms with Crippen molar-refractivity contribution in [1.82, 2.24) is 15.5 Å². The van der Waals surface area contributed by atoms with Gasteiger partial charge in [0.25, 0.3) is 0 Å². The van der Waals surface area contributed by atoms with Crippen LogP contribution in [0.5, 0.6) is 0 Å². The molecule has 1 aliphatic carbocycles. The topological polar surface area (TPSA) is 27.3 Å². The molecule has 0 radical (unpaired) electrons. The normalized spacial score (nSPS) is 25.3. The van der Waals surface area contributed by atoms with Gasteiger partial charge in [-0.2, -0.15) is 0 Å². The second-order valence-corrected chi connectivity index (χ2v) is 5.48. The van der Waals surface area contributed by atoms with Gasteiger partial charge < -0.3 is 15.5 Å². The van der Waals surface area contributed by atoms with Gasteiger partial charge in [-0.3, -0.25) is 0 Å². The smallest absolute Gasteiger partial charge is 0.0107 e. The van der Waals surface area contributed by atoms with Gasteiger partial charge in [0, 0.05) is 32.7 Å². The van der Waals surface area contributed by atoms with Gasteiger partial charge in [-0.25, -0.2) is 0 Å². The number of rotatable bonds is 6. The SMILES string of the molecule is CCC1(CNCCN2CCCNCC2)CC1. The summed E-state index contributed by atoms with van der Waals surface area (Å²) in [6, 6.07) is 0. The minimum Gasteiger partial charge on any atom is -0.315 e. The standard InChI is InChI=1S/C13H27N3/c1-2-13(4-5-13)12-15-8-11-16-9-3-6-14-7-10-16/h14-15H,2-12H2,1H3. The first kappa shape index (κ1) is 12.3. The van der Waals surface area contributed by atoms with Gasteiger partial charge in [0.2, 0.25) is 0 Å². The third-order valence-corrected chi connectivity index (χ3v) is 4.24. The highest BCUT2D eigenvalue weighted by atomic mass is 15.2. The van der Waals surface area contributed by atoms with E-state index in [-0.39, 0.29) is 0 Å². The lowest BCUT2D eigenvalue weighted by Crippen LogP contribution is -2.36. The lowest BCUT2D eigenvalue weighted by atomic mass is 10.0. The van der Waals surface area contributed by atoms with E-state index in [2.05, 4.69) is 22.5 Å². The molecule has 1 saturated carbocycles. The fourth-order valence-electron chi connectivity index (χ4n) is 2.55. The Morgan fingerprint density at radius 1 is 1.25 bits per heavy atom. The fourth-order valence-corrected chi connectivity index (χ4v) is 2.55. The van der Waals surface area contributed by atoms with E-state index in [1.165, 1.54) is 71.5 Å². The molecule has 1 aliphatic heterocycles. The minimum absolute atomic E-state index is 0.695. The van der Waals surface area contributed by atoms with E-state index >= 15 is 0 Å². The molecule has 0 aromatic rings. The van der Waals surface area contributed by atoms with Crippen molar-refractivity contribution in [1.29, 1.82) is 0 Å². The van der Waals surface area contributed by atoms with Crippen LogP contribution in [-0.4, -0.2) is 50.7 Å². The summed E-state index contributed by atoms with van der Waals surface area (Å²) in [5, 5.41) is 7.09. The summed E-state index contributed by atoms with van der Waals surface area (Å²) in [5.74, 6) is 0. The van der Waals surface area contributed by atoms with Crippen LogP contribution in [0.2, 0.25) is 0 Å². The summed E-state index contributed by atoms with van der Waals surface area (Å²) < 4.78 is 0. The van der Waals surface area contributed by atoms with Crippen molar-refractivity contribution in [2.75, 3.05) is 45.8 Å². The average molecular weight is 225 g/mol. The molecule has 0 atom stereocenters. The van der Waals surface area contributed by atoms with Gasteiger partial charge in [0.1, 0.15) is 0 Å². The van der Waals surface area contributed by atoms with Crippen molar-refractivity contribution in [2.24, 2.45) is 5.41 Å². The Hall–Kier alpha value is -0.120. The first-order valence-electron chi connectivity index (χ1n) is 6.98. The Bertz CT molecular complexity index is 193. The van der Waals surface area contributed by atoms with Crippen LogP contribution in [0, 0.1) is 5.41 Å². The first-order chi connectivity index (χ1) is 7.85. The Balaban J connectivity index is 1.53. The van der Waals surface area contributed by atoms with Gasteiger partial charge in [-0.1, -0.05) is 6.92 Å². The second kappa shape index (κ2) is 5.99. The van der Waals surface area contributed by atoms with E-state index in [1.807, 2.05) is 0 Å². The van der Waals surface area contributed by atoms with E-state index in [0.29, 0.717) is 5.41 Å². The van der Waals surface area contributed by atoms with Crippen LogP contribution in [0.1, 0.15) is 32.6 Å². The number of nitrogens with one attached hydrogen (secondary N) is 2. The quantitative estimate of drug-likeness (QED) is 0.662. The summed E-state index contributed by atoms with van der Waals surface area (Å²) in [6.45, 7) is 10.8. The predicted octanol–water partition coefficient (Wildman–Crippen LogP) is 1.06. The van der Waals surface area contributed by atoms with E-state index in [1.54, 1.807) is 0 Å². The predicted molar refractivity (Wildman–Crippen MR) is 68.8 cm³/mol. The summed E-state index contributed by atoms with van der Waals surface area (Å²) in [7, 11) is 0. The van der Waals surface area contributed by atoms with Gasteiger partial charge >= 0.3 is 0 Å². The molecule has 1 heterocycles. The number of hydrogen-bond donors (Lipinski definition) is 2. The molecule has 0 aromatic heterocycles. The summed E-state index contributed by atoms with van der Waals surface area (Å²) in [6.07, 6.45) is 5.56. The molecule has 2 fully saturated rings. The van der Waals surface area contributed by atoms with Crippen molar-refractivity contribution in [3.05, 3.63) is 0 Å². The molecule has 94 valence electrons. The molecular formula is C13H27N3. The van der Waals surface area contributed by atoms with Crippen LogP contribution in [0.4, 0.5) is 0 Å². The fraction of sp³-hybridized carbons (Fsp3) is 1.00. The van der Waals surface area contributed by atoms with Crippen LogP contribution >= 0.6 is 0 Å². The first-order valence-corrected chi connectivity index (χ1v) is 6.98. The number of hydrogen-bond acceptors (Lipinski definition) is 3. The highest BCUT2D eigenvalue weighted by Crippen LogP contribution is 2.47. The second-order valence-electron chi connectivity index (χ2n) is 5.48. The van der Waals surface area contributed by atoms with Crippen LogP contribution in [0.15, 0.2) is 0 Å². The highest BCUT2D eigenvalue weighted by molar-refractivity contribution is 4.93. The van der Waals surface area contributed by atoms with Gasteiger partial charge in [0.05, 0.1) is 0 Å². The molecule has 3 heteroatoms. The van der Waals surface area contributed by atoms with Crippen LogP contribution < -0.4 is 10.6 Å². The summed E-state index contributed by atoms with van der Waals surface area (Å²) in [5.41, 5.74) is 0.695. The van der Waals surface area contributed by atoms with Crippen molar-refractivity contribution in [3.8, 4) is 0 Å². The molecule has 16 heavy (non-hydrogen) atoms. The zero-order valence-corrected chi connectivity index (χ0v) is 10.7. The molecule has 0 aromatic carbocycles. The van der Waals surface area contributed by atoms with Crippen molar-refractivity contribution in [2.45, 2.75) is 32.6 Å². The molecule has 2 rings (SSSR count). The van der Waals surface area contributed by atoms with E-state index in [0.717, 1.165) is 0 Å². The lowest BCUT2D eigenvalue weighted by molar-refractivity contribution is 0.286. The zero-order valence-electron chi connectivity index (χ0n) is 10.7. The third kappa shape index (κ3) is 3.72. The maximum atomic E-state index is 3.64. The molecule has 1 saturated heterocycles. The summed E-state index contributed by atoms with van der Waals surface area (Å²) in [4.78, 5) is 2.58. The van der Waals surface area contributed by atoms with Crippen molar-refractivity contribution in [3.63, 3.8) is 0 Å². The Kier molecular flexibility index (Phi) is 4.62. The molecule has 0 amide bonds. The van der Waals surface area contributed by atoms with Crippen molar-refractivity contribution >= 4 is 0 Å². The molecule has 0 bridgehead atoms. The molecular weight excluding hydrogens is 198 g/mol. The van der Waals surface area contributed by atoms with Gasteiger partial charge in [-0.15, -0.1) is 0 Å². The molecule has 0 unspecified atom stereocenters. The van der Waals surface area contributed by atoms with Crippen LogP contribution in [-0.2, 0) is 0 Å². The minimum atomic E-state index is 0.695. The highest BCUT2D eigenvalue weighted by Gasteiger charge is 2.39. The maximum Gasteiger partial charge on any atom is 0.0107 e. The molecule has 2 aliphatic rings. The van der Waals surface area contributed by atoms with E-state index < -0.39 is 0 Å². The van der Waals surface area contributed by atoms with Gasteiger partial charge in [0.15, 0.2) is 0 Å². The van der Waals surface area contributed by atoms with Gasteiger partial charge in [-0.05, 0) is 44.2 Å². The third-order valence-electron chi connectivity index (χ3n) is 4.24. The molecule has 2 N–H and O–H groups in total. The number of nitrogens with zero attached hydrogens (tertiary/aromatic N) is 1. The monoisotopic (exact) mass is 225 g/mol. The average Bonchev–Trinajstić information content (AvgIpc) is 3.10. The van der Waals surface area contributed by atoms with E-state index in [9.17, 15) is 0 Å². The van der Waals surface area contributed by atoms with Crippen LogP contribution in [0.3, 0.4) is 0 Å². The summed E-state index contributed by atoms with van der Waals surface area (Å²) >= 11 is 0. The molecule has 3 nitrogen and oxygen atoms in total. The maximum absolute atomic E-state index is 3.64. The largest absolute Gasteiger partial charge is 0.315 e.